The highest BCUT2D eigenvalue weighted by atomic mass is 32.2. The average molecular weight is 453 g/mol. The molecule has 2 aromatic carbocycles. The number of hydrogen-bond donors (Lipinski definition) is 1. The number of thioether (sulfide) groups is 1. The van der Waals surface area contributed by atoms with Gasteiger partial charge >= 0.3 is 5.69 Å². The van der Waals surface area contributed by atoms with Gasteiger partial charge in [0.15, 0.2) is 28.2 Å². The molecule has 0 unspecified atom stereocenters. The number of nitrogens with one attached hydrogen (secondary N) is 1. The summed E-state index contributed by atoms with van der Waals surface area (Å²) in [4.78, 5) is 19.7. The number of nitrogens with zero attached hydrogens (tertiary/aromatic N) is 4. The Balaban J connectivity index is 2.14. The van der Waals surface area contributed by atoms with E-state index in [1.54, 1.807) is 24.3 Å². The number of methoxy groups -OCH3 is 3. The number of nitriles is 1. The number of hydrogen-bond acceptors (Lipinski definition) is 10. The molecule has 0 spiro atoms. The molecule has 0 aliphatic carbocycles. The van der Waals surface area contributed by atoms with Crippen molar-refractivity contribution in [1.82, 2.24) is 9.97 Å². The first-order valence-corrected chi connectivity index (χ1v) is 10.4. The molecule has 0 saturated heterocycles. The van der Waals surface area contributed by atoms with E-state index in [-0.39, 0.29) is 22.8 Å². The smallest absolute Gasteiger partial charge is 0.312 e. The fourth-order valence-electron chi connectivity index (χ4n) is 2.97. The third kappa shape index (κ3) is 4.50. The predicted molar refractivity (Wildman–Crippen MR) is 120 cm³/mol. The van der Waals surface area contributed by atoms with Crippen molar-refractivity contribution in [3.8, 4) is 34.6 Å². The molecule has 164 valence electrons. The minimum Gasteiger partial charge on any atom is -0.493 e. The summed E-state index contributed by atoms with van der Waals surface area (Å²) in [5, 5.41) is 24.7. The molecule has 0 amide bonds. The van der Waals surface area contributed by atoms with Crippen LogP contribution in [0.5, 0.6) is 17.2 Å². The third-order valence-electron chi connectivity index (χ3n) is 4.48. The molecular formula is C21H19N5O5S. The molecule has 0 atom stereocenters. The van der Waals surface area contributed by atoms with Gasteiger partial charge in [-0.3, -0.25) is 10.1 Å². The summed E-state index contributed by atoms with van der Waals surface area (Å²) in [6.45, 7) is 0. The molecule has 0 aliphatic heterocycles. The first-order valence-electron chi connectivity index (χ1n) is 9.13. The monoisotopic (exact) mass is 453 g/mol. The molecule has 0 fully saturated rings. The Morgan fingerprint density at radius 3 is 2.31 bits per heavy atom. The van der Waals surface area contributed by atoms with Gasteiger partial charge in [-0.2, -0.15) is 5.26 Å². The van der Waals surface area contributed by atoms with Gasteiger partial charge in [0.05, 0.1) is 31.9 Å². The Hall–Kier alpha value is -4.04. The van der Waals surface area contributed by atoms with Gasteiger partial charge in [-0.1, -0.05) is 11.8 Å². The molecule has 3 rings (SSSR count). The average Bonchev–Trinajstić information content (AvgIpc) is 2.82. The summed E-state index contributed by atoms with van der Waals surface area (Å²) < 4.78 is 15.7. The number of ether oxygens (including phenoxy) is 3. The van der Waals surface area contributed by atoms with Crippen LogP contribution in [-0.2, 0) is 0 Å². The first kappa shape index (κ1) is 22.6. The van der Waals surface area contributed by atoms with Crippen LogP contribution < -0.4 is 19.5 Å². The summed E-state index contributed by atoms with van der Waals surface area (Å²) >= 11 is 1.30. The van der Waals surface area contributed by atoms with E-state index in [9.17, 15) is 15.4 Å². The summed E-state index contributed by atoms with van der Waals surface area (Å²) in [6.07, 6.45) is 1.81. The van der Waals surface area contributed by atoms with E-state index >= 15 is 0 Å². The van der Waals surface area contributed by atoms with Crippen molar-refractivity contribution < 1.29 is 19.1 Å². The van der Waals surface area contributed by atoms with Crippen LogP contribution in [-0.4, -0.2) is 42.5 Å². The van der Waals surface area contributed by atoms with Crippen molar-refractivity contribution in [3.63, 3.8) is 0 Å². The van der Waals surface area contributed by atoms with Crippen LogP contribution in [0.15, 0.2) is 41.6 Å². The highest BCUT2D eigenvalue weighted by molar-refractivity contribution is 7.98. The second-order valence-electron chi connectivity index (χ2n) is 6.23. The normalized spacial score (nSPS) is 10.2. The lowest BCUT2D eigenvalue weighted by Crippen LogP contribution is -2.04. The van der Waals surface area contributed by atoms with Gasteiger partial charge in [0, 0.05) is 17.3 Å². The molecule has 10 nitrogen and oxygen atoms in total. The second-order valence-corrected chi connectivity index (χ2v) is 7.01. The number of aromatic nitrogens is 2. The SMILES string of the molecule is COc1ccc(-c2nc(SC)nc(Nc3ccc(OC)c([N+](=O)[O-])c3)c2C#N)cc1OC. The minimum atomic E-state index is -0.544. The van der Waals surface area contributed by atoms with Crippen LogP contribution in [0.3, 0.4) is 0 Å². The molecule has 1 aromatic heterocycles. The van der Waals surface area contributed by atoms with Gasteiger partial charge < -0.3 is 19.5 Å². The molecule has 3 aromatic rings. The highest BCUT2D eigenvalue weighted by Gasteiger charge is 2.20. The number of anilines is 2. The van der Waals surface area contributed by atoms with E-state index in [1.165, 1.54) is 45.2 Å². The molecule has 11 heteroatoms. The Labute approximate surface area is 188 Å². The summed E-state index contributed by atoms with van der Waals surface area (Å²) in [5.74, 6) is 1.37. The fraction of sp³-hybridized carbons (Fsp3) is 0.190. The molecule has 0 bridgehead atoms. The van der Waals surface area contributed by atoms with E-state index in [1.807, 2.05) is 6.26 Å². The Morgan fingerprint density at radius 1 is 1.03 bits per heavy atom. The quantitative estimate of drug-likeness (QED) is 0.226. The van der Waals surface area contributed by atoms with E-state index in [2.05, 4.69) is 21.4 Å². The van der Waals surface area contributed by atoms with Crippen LogP contribution in [0.1, 0.15) is 5.56 Å². The van der Waals surface area contributed by atoms with Gasteiger partial charge in [0.2, 0.25) is 0 Å². The lowest BCUT2D eigenvalue weighted by Gasteiger charge is -2.14. The van der Waals surface area contributed by atoms with Crippen LogP contribution >= 0.6 is 11.8 Å². The first-order chi connectivity index (χ1) is 15.4. The van der Waals surface area contributed by atoms with Crippen LogP contribution in [0, 0.1) is 21.4 Å². The lowest BCUT2D eigenvalue weighted by atomic mass is 10.1. The Kier molecular flexibility index (Phi) is 6.97. The zero-order valence-corrected chi connectivity index (χ0v) is 18.5. The molecule has 32 heavy (non-hydrogen) atoms. The van der Waals surface area contributed by atoms with Crippen molar-refractivity contribution in [1.29, 1.82) is 5.26 Å². The van der Waals surface area contributed by atoms with Gasteiger partial charge in [-0.05, 0) is 36.6 Å². The van der Waals surface area contributed by atoms with Gasteiger partial charge in [0.1, 0.15) is 11.6 Å². The van der Waals surface area contributed by atoms with Crippen molar-refractivity contribution >= 4 is 29.0 Å². The number of benzene rings is 2. The van der Waals surface area contributed by atoms with Crippen molar-refractivity contribution in [3.05, 3.63) is 52.1 Å². The van der Waals surface area contributed by atoms with Gasteiger partial charge in [-0.15, -0.1) is 0 Å². The van der Waals surface area contributed by atoms with Crippen molar-refractivity contribution in [2.24, 2.45) is 0 Å². The fourth-order valence-corrected chi connectivity index (χ4v) is 3.33. The molecule has 0 saturated carbocycles. The van der Waals surface area contributed by atoms with Crippen LogP contribution in [0.25, 0.3) is 11.3 Å². The lowest BCUT2D eigenvalue weighted by molar-refractivity contribution is -0.385. The summed E-state index contributed by atoms with van der Waals surface area (Å²) in [7, 11) is 4.41. The zero-order valence-electron chi connectivity index (χ0n) is 17.7. The van der Waals surface area contributed by atoms with E-state index < -0.39 is 4.92 Å². The number of rotatable bonds is 8. The van der Waals surface area contributed by atoms with E-state index in [0.29, 0.717) is 33.6 Å². The maximum absolute atomic E-state index is 11.4. The molecular weight excluding hydrogens is 434 g/mol. The Bertz CT molecular complexity index is 1210. The predicted octanol–water partition coefficient (Wildman–Crippen LogP) is 4.41. The van der Waals surface area contributed by atoms with E-state index in [4.69, 9.17) is 14.2 Å². The largest absolute Gasteiger partial charge is 0.493 e. The molecule has 0 radical (unpaired) electrons. The van der Waals surface area contributed by atoms with E-state index in [0.717, 1.165) is 0 Å². The zero-order chi connectivity index (χ0) is 23.3. The van der Waals surface area contributed by atoms with Crippen molar-refractivity contribution in [2.45, 2.75) is 5.16 Å². The topological polar surface area (TPSA) is 132 Å². The standard InChI is InChI=1S/C21H19N5O5S/c1-29-16-8-6-13(10-15(16)26(27)28)23-20-14(11-22)19(24-21(25-20)32-4)12-5-7-17(30-2)18(9-12)31-3/h5-10H,1-4H3,(H,23,24,25). The molecule has 1 N–H and O–H groups in total. The number of nitro groups is 1. The molecule has 0 aliphatic rings. The molecule has 1 heterocycles. The maximum Gasteiger partial charge on any atom is 0.312 e. The van der Waals surface area contributed by atoms with Crippen LogP contribution in [0.4, 0.5) is 17.2 Å². The number of nitro benzene ring substituents is 1. The highest BCUT2D eigenvalue weighted by Crippen LogP contribution is 2.36. The third-order valence-corrected chi connectivity index (χ3v) is 5.03. The van der Waals surface area contributed by atoms with Crippen LogP contribution in [0.2, 0.25) is 0 Å². The maximum atomic E-state index is 11.4. The second kappa shape index (κ2) is 9.84. The Morgan fingerprint density at radius 2 is 1.72 bits per heavy atom. The summed E-state index contributed by atoms with van der Waals surface area (Å²) in [5.41, 5.74) is 1.35. The minimum absolute atomic E-state index is 0.125. The van der Waals surface area contributed by atoms with Gasteiger partial charge in [0.25, 0.3) is 0 Å². The van der Waals surface area contributed by atoms with Gasteiger partial charge in [-0.25, -0.2) is 9.97 Å². The summed E-state index contributed by atoms with van der Waals surface area (Å²) in [6, 6.07) is 11.7. The van der Waals surface area contributed by atoms with Crippen molar-refractivity contribution in [2.75, 3.05) is 32.9 Å².